The molecule has 0 bridgehead atoms. The van der Waals surface area contributed by atoms with Gasteiger partial charge in [0, 0.05) is 18.2 Å². The van der Waals surface area contributed by atoms with E-state index < -0.39 is 16.4 Å². The molecule has 1 aromatic heterocycles. The molecule has 0 aliphatic carbocycles. The van der Waals surface area contributed by atoms with E-state index in [0.717, 1.165) is 18.2 Å². The molecule has 1 aromatic carbocycles. The Balaban J connectivity index is 2.41. The molecule has 0 saturated heterocycles. The monoisotopic (exact) mass is 280 g/mol. The predicted molar refractivity (Wildman–Crippen MR) is 67.4 cm³/mol. The van der Waals surface area contributed by atoms with Gasteiger partial charge in [0.1, 0.15) is 11.6 Å². The van der Waals surface area contributed by atoms with Gasteiger partial charge in [-0.25, -0.2) is 10.2 Å². The van der Waals surface area contributed by atoms with Crippen LogP contribution in [0.5, 0.6) is 11.6 Å². The smallest absolute Gasteiger partial charge is 0.311 e. The van der Waals surface area contributed by atoms with Crippen molar-refractivity contribution in [2.24, 2.45) is 5.84 Å². The first-order chi connectivity index (χ1) is 9.49. The van der Waals surface area contributed by atoms with Crippen LogP contribution < -0.4 is 21.7 Å². The molecule has 2 rings (SSSR count). The Bertz CT molecular complexity index is 665. The van der Waals surface area contributed by atoms with Crippen LogP contribution in [0.15, 0.2) is 24.3 Å². The number of nitrogens with zero attached hydrogens (tertiary/aromatic N) is 3. The molecule has 0 unspecified atom stereocenters. The van der Waals surface area contributed by atoms with Gasteiger partial charge in [-0.2, -0.15) is 9.97 Å². The van der Waals surface area contributed by atoms with Crippen LogP contribution in [0.2, 0.25) is 0 Å². The van der Waals surface area contributed by atoms with Crippen LogP contribution in [0.3, 0.4) is 0 Å². The number of ether oxygens (including phenoxy) is 1. The molecule has 2 aromatic rings. The summed E-state index contributed by atoms with van der Waals surface area (Å²) in [4.78, 5) is 17.5. The van der Waals surface area contributed by atoms with Crippen LogP contribution in [0.4, 0.5) is 21.8 Å². The van der Waals surface area contributed by atoms with Gasteiger partial charge in [0.2, 0.25) is 17.6 Å². The van der Waals surface area contributed by atoms with Crippen molar-refractivity contribution in [1.82, 2.24) is 9.97 Å². The van der Waals surface area contributed by atoms with Crippen molar-refractivity contribution < 1.29 is 14.1 Å². The SMILES string of the molecule is NNc1cc(Oc2cc(F)ccc2[N+](=O)[O-])nc(N)n1. The summed E-state index contributed by atoms with van der Waals surface area (Å²) in [5, 5.41) is 10.8. The summed E-state index contributed by atoms with van der Waals surface area (Å²) in [7, 11) is 0. The number of hydrazine groups is 1. The van der Waals surface area contributed by atoms with Crippen LogP contribution in [-0.4, -0.2) is 14.9 Å². The highest BCUT2D eigenvalue weighted by Crippen LogP contribution is 2.31. The summed E-state index contributed by atoms with van der Waals surface area (Å²) < 4.78 is 18.3. The molecular weight excluding hydrogens is 271 g/mol. The van der Waals surface area contributed by atoms with Gasteiger partial charge < -0.3 is 15.9 Å². The molecule has 0 aliphatic rings. The molecule has 104 valence electrons. The van der Waals surface area contributed by atoms with Crippen molar-refractivity contribution in [3.8, 4) is 11.6 Å². The normalized spacial score (nSPS) is 10.1. The fourth-order valence-corrected chi connectivity index (χ4v) is 1.40. The molecule has 5 N–H and O–H groups in total. The van der Waals surface area contributed by atoms with E-state index in [9.17, 15) is 14.5 Å². The zero-order chi connectivity index (χ0) is 14.7. The van der Waals surface area contributed by atoms with Crippen molar-refractivity contribution in [3.05, 3.63) is 40.2 Å². The molecule has 0 atom stereocenters. The molecule has 1 heterocycles. The van der Waals surface area contributed by atoms with Crippen molar-refractivity contribution in [1.29, 1.82) is 0 Å². The zero-order valence-corrected chi connectivity index (χ0v) is 9.91. The van der Waals surface area contributed by atoms with Crippen LogP contribution >= 0.6 is 0 Å². The number of halogens is 1. The number of nitro groups is 1. The minimum Gasteiger partial charge on any atom is -0.431 e. The summed E-state index contributed by atoms with van der Waals surface area (Å²) in [6.07, 6.45) is 0. The number of hydrogen-bond donors (Lipinski definition) is 3. The number of nitrogens with two attached hydrogens (primary N) is 2. The first kappa shape index (κ1) is 13.4. The lowest BCUT2D eigenvalue weighted by Gasteiger charge is -2.07. The number of nitro benzene ring substituents is 1. The average Bonchev–Trinajstić information content (AvgIpc) is 2.37. The highest BCUT2D eigenvalue weighted by atomic mass is 19.1. The summed E-state index contributed by atoms with van der Waals surface area (Å²) >= 11 is 0. The third kappa shape index (κ3) is 2.87. The summed E-state index contributed by atoms with van der Waals surface area (Å²) in [6, 6.07) is 4.06. The van der Waals surface area contributed by atoms with E-state index in [1.807, 2.05) is 0 Å². The maximum Gasteiger partial charge on any atom is 0.311 e. The first-order valence-electron chi connectivity index (χ1n) is 5.22. The lowest BCUT2D eigenvalue weighted by atomic mass is 10.3. The maximum absolute atomic E-state index is 13.1. The van der Waals surface area contributed by atoms with Gasteiger partial charge in [-0.15, -0.1) is 0 Å². The predicted octanol–water partition coefficient (Wildman–Crippen LogP) is 1.18. The maximum atomic E-state index is 13.1. The summed E-state index contributed by atoms with van der Waals surface area (Å²) in [6.45, 7) is 0. The minimum atomic E-state index is -0.707. The third-order valence-electron chi connectivity index (χ3n) is 2.20. The Hall–Kier alpha value is -3.01. The highest BCUT2D eigenvalue weighted by molar-refractivity contribution is 5.49. The second-order valence-electron chi connectivity index (χ2n) is 3.57. The summed E-state index contributed by atoms with van der Waals surface area (Å²) in [5.74, 6) is 4.04. The van der Waals surface area contributed by atoms with E-state index in [1.54, 1.807) is 0 Å². The van der Waals surface area contributed by atoms with E-state index in [4.69, 9.17) is 16.3 Å². The average molecular weight is 280 g/mol. The van der Waals surface area contributed by atoms with Crippen LogP contribution in [0.1, 0.15) is 0 Å². The topological polar surface area (TPSA) is 142 Å². The standard InChI is InChI=1S/C10H9FN6O3/c11-5-1-2-6(17(18)19)7(3-5)20-9-4-8(16-13)14-10(12)15-9/h1-4H,13H2,(H3,12,14,15,16). The third-order valence-corrected chi connectivity index (χ3v) is 2.20. The van der Waals surface area contributed by atoms with Crippen LogP contribution in [0.25, 0.3) is 0 Å². The Morgan fingerprint density at radius 3 is 2.75 bits per heavy atom. The van der Waals surface area contributed by atoms with E-state index in [-0.39, 0.29) is 23.4 Å². The lowest BCUT2D eigenvalue weighted by molar-refractivity contribution is -0.385. The minimum absolute atomic E-state index is 0.112. The number of aromatic nitrogens is 2. The number of nitrogen functional groups attached to an aromatic ring is 2. The number of benzene rings is 1. The van der Waals surface area contributed by atoms with E-state index in [1.165, 1.54) is 6.07 Å². The van der Waals surface area contributed by atoms with Crippen molar-refractivity contribution >= 4 is 17.5 Å². The van der Waals surface area contributed by atoms with Crippen LogP contribution in [-0.2, 0) is 0 Å². The first-order valence-corrected chi connectivity index (χ1v) is 5.22. The van der Waals surface area contributed by atoms with Gasteiger partial charge in [-0.1, -0.05) is 0 Å². The summed E-state index contributed by atoms with van der Waals surface area (Å²) in [5.41, 5.74) is 7.22. The second-order valence-corrected chi connectivity index (χ2v) is 3.57. The zero-order valence-electron chi connectivity index (χ0n) is 9.91. The fourth-order valence-electron chi connectivity index (χ4n) is 1.40. The molecule has 0 radical (unpaired) electrons. The van der Waals surface area contributed by atoms with E-state index >= 15 is 0 Å². The second kappa shape index (κ2) is 5.32. The Morgan fingerprint density at radius 1 is 1.35 bits per heavy atom. The molecule has 0 amide bonds. The molecular formula is C10H9FN6O3. The number of nitrogens with one attached hydrogen (secondary N) is 1. The van der Waals surface area contributed by atoms with Gasteiger partial charge in [-0.05, 0) is 6.07 Å². The number of anilines is 2. The van der Waals surface area contributed by atoms with Gasteiger partial charge in [0.05, 0.1) is 4.92 Å². The molecule has 0 spiro atoms. The largest absolute Gasteiger partial charge is 0.431 e. The molecule has 0 aliphatic heterocycles. The van der Waals surface area contributed by atoms with Gasteiger partial charge in [-0.3, -0.25) is 10.1 Å². The molecule has 10 heteroatoms. The highest BCUT2D eigenvalue weighted by Gasteiger charge is 2.17. The molecule has 9 nitrogen and oxygen atoms in total. The van der Waals surface area contributed by atoms with Crippen LogP contribution in [0, 0.1) is 15.9 Å². The molecule has 0 fully saturated rings. The van der Waals surface area contributed by atoms with Crippen molar-refractivity contribution in [3.63, 3.8) is 0 Å². The van der Waals surface area contributed by atoms with Crippen molar-refractivity contribution in [2.45, 2.75) is 0 Å². The van der Waals surface area contributed by atoms with Gasteiger partial charge >= 0.3 is 5.69 Å². The number of hydrogen-bond acceptors (Lipinski definition) is 8. The quantitative estimate of drug-likeness (QED) is 0.430. The van der Waals surface area contributed by atoms with Crippen molar-refractivity contribution in [2.75, 3.05) is 11.2 Å². The fraction of sp³-hybridized carbons (Fsp3) is 0. The number of rotatable bonds is 4. The Labute approximate surface area is 111 Å². The van der Waals surface area contributed by atoms with Gasteiger partial charge in [0.15, 0.2) is 0 Å². The Kier molecular flexibility index (Phi) is 3.57. The van der Waals surface area contributed by atoms with E-state index in [2.05, 4.69) is 15.4 Å². The lowest BCUT2D eigenvalue weighted by Crippen LogP contribution is -2.10. The Morgan fingerprint density at radius 2 is 2.10 bits per heavy atom. The van der Waals surface area contributed by atoms with Gasteiger partial charge in [0.25, 0.3) is 0 Å². The van der Waals surface area contributed by atoms with E-state index in [0.29, 0.717) is 0 Å². The molecule has 20 heavy (non-hydrogen) atoms. The molecule has 0 saturated carbocycles.